The Bertz CT molecular complexity index is 1610. The highest BCUT2D eigenvalue weighted by Gasteiger charge is 2.24. The van der Waals surface area contributed by atoms with E-state index in [4.69, 9.17) is 55.9 Å². The van der Waals surface area contributed by atoms with E-state index in [-0.39, 0.29) is 16.6 Å². The fraction of sp³-hybridized carbons (Fsp3) is 0.179. The molecule has 1 N–H and O–H groups in total. The lowest BCUT2D eigenvalue weighted by Gasteiger charge is -2.13. The number of anilines is 1. The van der Waals surface area contributed by atoms with Crippen LogP contribution in [0.25, 0.3) is 0 Å². The summed E-state index contributed by atoms with van der Waals surface area (Å²) < 4.78 is 10.4. The van der Waals surface area contributed by atoms with Crippen LogP contribution < -0.4 is 5.32 Å². The highest BCUT2D eigenvalue weighted by molar-refractivity contribution is 6.36. The molecule has 0 saturated heterocycles. The fourth-order valence-electron chi connectivity index (χ4n) is 3.25. The van der Waals surface area contributed by atoms with Crippen LogP contribution in [0.4, 0.5) is 22.7 Å². The summed E-state index contributed by atoms with van der Waals surface area (Å²) in [7, 11) is 1.43. The molecule has 0 radical (unpaired) electrons. The quantitative estimate of drug-likeness (QED) is 0.0729. The Morgan fingerprint density at radius 2 is 1.48 bits per heavy atom. The van der Waals surface area contributed by atoms with Crippen molar-refractivity contribution < 1.29 is 19.1 Å². The second-order valence-corrected chi connectivity index (χ2v) is 10.3. The minimum absolute atomic E-state index is 0.00912. The van der Waals surface area contributed by atoms with Gasteiger partial charge in [-0.05, 0) is 80.4 Å². The van der Waals surface area contributed by atoms with Gasteiger partial charge in [-0.3, -0.25) is 9.59 Å². The van der Waals surface area contributed by atoms with Crippen LogP contribution >= 0.6 is 46.4 Å². The summed E-state index contributed by atoms with van der Waals surface area (Å²) in [6.45, 7) is 4.81. The van der Waals surface area contributed by atoms with Crippen molar-refractivity contribution in [1.29, 1.82) is 0 Å². The van der Waals surface area contributed by atoms with Gasteiger partial charge in [0.05, 0.1) is 22.8 Å². The molecule has 42 heavy (non-hydrogen) atoms. The van der Waals surface area contributed by atoms with Gasteiger partial charge in [-0.1, -0.05) is 46.4 Å². The first kappa shape index (κ1) is 32.7. The lowest BCUT2D eigenvalue weighted by atomic mass is 10.1. The molecule has 10 nitrogen and oxygen atoms in total. The van der Waals surface area contributed by atoms with E-state index >= 15 is 0 Å². The maximum absolute atomic E-state index is 12.9. The number of rotatable bonds is 11. The molecule has 1 amide bonds. The molecule has 0 aliphatic rings. The van der Waals surface area contributed by atoms with Crippen LogP contribution in [0.15, 0.2) is 86.1 Å². The van der Waals surface area contributed by atoms with E-state index in [9.17, 15) is 9.59 Å². The molecule has 0 bridgehead atoms. The maximum atomic E-state index is 12.9. The highest BCUT2D eigenvalue weighted by atomic mass is 35.5. The second-order valence-electron chi connectivity index (χ2n) is 8.61. The van der Waals surface area contributed by atoms with Crippen LogP contribution in [0.3, 0.4) is 0 Å². The van der Waals surface area contributed by atoms with E-state index in [1.54, 1.807) is 50.2 Å². The molecule has 0 aliphatic carbocycles. The lowest BCUT2D eigenvalue weighted by molar-refractivity contribution is -0.126. The molecule has 0 heterocycles. The third-order valence-corrected chi connectivity index (χ3v) is 6.45. The number of nitrogens with zero attached hydrogens (tertiary/aromatic N) is 5. The predicted molar refractivity (Wildman–Crippen MR) is 165 cm³/mol. The van der Waals surface area contributed by atoms with Gasteiger partial charge in [0.2, 0.25) is 6.04 Å². The summed E-state index contributed by atoms with van der Waals surface area (Å²) in [5.74, 6) is -1.14. The van der Waals surface area contributed by atoms with Crippen molar-refractivity contribution in [2.75, 3.05) is 12.4 Å². The third-order valence-electron chi connectivity index (χ3n) is 5.37. The van der Waals surface area contributed by atoms with Crippen molar-refractivity contribution in [3.05, 3.63) is 91.9 Å². The fourth-order valence-corrected chi connectivity index (χ4v) is 4.15. The summed E-state index contributed by atoms with van der Waals surface area (Å²) in [6, 6.07) is 11.4. The van der Waals surface area contributed by atoms with Crippen LogP contribution in [-0.4, -0.2) is 31.2 Å². The average molecular weight is 650 g/mol. The van der Waals surface area contributed by atoms with Crippen molar-refractivity contribution in [2.24, 2.45) is 25.4 Å². The number of benzene rings is 3. The monoisotopic (exact) mass is 648 g/mol. The average Bonchev–Trinajstić information content (AvgIpc) is 2.91. The molecule has 0 aliphatic heterocycles. The molecule has 0 saturated carbocycles. The van der Waals surface area contributed by atoms with E-state index in [0.29, 0.717) is 43.3 Å². The van der Waals surface area contributed by atoms with Gasteiger partial charge in [0.15, 0.2) is 12.2 Å². The minimum atomic E-state index is -1.38. The number of amides is 1. The second kappa shape index (κ2) is 15.4. The molecule has 0 fully saturated rings. The molecule has 3 aromatic rings. The first-order chi connectivity index (χ1) is 20.0. The number of nitrogens with one attached hydrogen (secondary N) is 1. The number of methoxy groups -OCH3 is 1. The molecular weight excluding hydrogens is 626 g/mol. The summed E-state index contributed by atoms with van der Waals surface area (Å²) in [4.78, 5) is 29.4. The van der Waals surface area contributed by atoms with E-state index in [1.807, 2.05) is 0 Å². The number of Topliss-reactive ketones (excluding diaryl/α,β-unsaturated/α-hetero) is 1. The Morgan fingerprint density at radius 3 is 2.05 bits per heavy atom. The Hall–Kier alpha value is -3.83. The number of ether oxygens (including phenoxy) is 2. The Labute approximate surface area is 262 Å². The number of aliphatic imine (C=N–C) groups is 1. The number of carbonyl (C=O) groups is 2. The van der Waals surface area contributed by atoms with Gasteiger partial charge in [0, 0.05) is 15.7 Å². The number of carbonyl (C=O) groups excluding carboxylic acids is 2. The SMILES string of the molecule is COC=C(N=Nc1ccc(Cl)cc1Cl)OC=Nc1cc(C)c(NC(=O)C(N=Nc2ccc(Cl)cc2Cl)C(C)=O)cc1C. The molecule has 3 rings (SSSR count). The van der Waals surface area contributed by atoms with Gasteiger partial charge in [-0.15, -0.1) is 10.2 Å². The Morgan fingerprint density at radius 1 is 0.857 bits per heavy atom. The molecule has 218 valence electrons. The van der Waals surface area contributed by atoms with E-state index in [1.165, 1.54) is 38.8 Å². The van der Waals surface area contributed by atoms with Gasteiger partial charge in [-0.25, -0.2) is 4.99 Å². The van der Waals surface area contributed by atoms with Crippen LogP contribution in [0.5, 0.6) is 0 Å². The Balaban J connectivity index is 1.71. The number of azo groups is 2. The maximum Gasteiger partial charge on any atom is 0.274 e. The van der Waals surface area contributed by atoms with Gasteiger partial charge in [0.1, 0.15) is 17.6 Å². The minimum Gasteiger partial charge on any atom is -0.499 e. The number of ketones is 1. The van der Waals surface area contributed by atoms with E-state index in [2.05, 4.69) is 30.8 Å². The largest absolute Gasteiger partial charge is 0.499 e. The zero-order valence-electron chi connectivity index (χ0n) is 22.7. The molecule has 3 aromatic carbocycles. The molecule has 0 spiro atoms. The zero-order chi connectivity index (χ0) is 30.8. The van der Waals surface area contributed by atoms with Gasteiger partial charge in [0.25, 0.3) is 11.8 Å². The lowest BCUT2D eigenvalue weighted by Crippen LogP contribution is -2.32. The Kier molecular flexibility index (Phi) is 12.0. The highest BCUT2D eigenvalue weighted by Crippen LogP contribution is 2.30. The van der Waals surface area contributed by atoms with E-state index < -0.39 is 17.7 Å². The number of aryl methyl sites for hydroxylation is 2. The molecule has 1 atom stereocenters. The smallest absolute Gasteiger partial charge is 0.274 e. The summed E-state index contributed by atoms with van der Waals surface area (Å²) in [5, 5.41) is 20.1. The first-order valence-corrected chi connectivity index (χ1v) is 13.6. The van der Waals surface area contributed by atoms with Crippen molar-refractivity contribution in [3.63, 3.8) is 0 Å². The van der Waals surface area contributed by atoms with Crippen molar-refractivity contribution in [1.82, 2.24) is 0 Å². The molecule has 14 heteroatoms. The molecule has 0 aromatic heterocycles. The predicted octanol–water partition coefficient (Wildman–Crippen LogP) is 9.50. The van der Waals surface area contributed by atoms with Crippen molar-refractivity contribution in [3.8, 4) is 0 Å². The van der Waals surface area contributed by atoms with Gasteiger partial charge in [-0.2, -0.15) is 10.2 Å². The molecular formula is C28H24Cl4N6O4. The van der Waals surface area contributed by atoms with Gasteiger partial charge >= 0.3 is 0 Å². The summed E-state index contributed by atoms with van der Waals surface area (Å²) >= 11 is 24.0. The van der Waals surface area contributed by atoms with Gasteiger partial charge < -0.3 is 14.8 Å². The van der Waals surface area contributed by atoms with Crippen LogP contribution in [0.2, 0.25) is 20.1 Å². The van der Waals surface area contributed by atoms with Crippen molar-refractivity contribution in [2.45, 2.75) is 26.8 Å². The number of hydrogen-bond acceptors (Lipinski definition) is 9. The van der Waals surface area contributed by atoms with Crippen LogP contribution in [-0.2, 0) is 19.1 Å². The topological polar surface area (TPSA) is 126 Å². The first-order valence-electron chi connectivity index (χ1n) is 12.1. The third kappa shape index (κ3) is 9.35. The number of hydrogen-bond donors (Lipinski definition) is 1. The van der Waals surface area contributed by atoms with Crippen molar-refractivity contribution >= 4 is 87.2 Å². The summed E-state index contributed by atoms with van der Waals surface area (Å²) in [5.41, 5.74) is 3.06. The van der Waals surface area contributed by atoms with Crippen LogP contribution in [0, 0.1) is 13.8 Å². The summed E-state index contributed by atoms with van der Waals surface area (Å²) in [6.07, 6.45) is 2.40. The van der Waals surface area contributed by atoms with E-state index in [0.717, 1.165) is 0 Å². The number of halogens is 4. The van der Waals surface area contributed by atoms with Crippen LogP contribution in [0.1, 0.15) is 18.1 Å². The zero-order valence-corrected chi connectivity index (χ0v) is 25.8. The molecule has 1 unspecified atom stereocenters. The normalized spacial score (nSPS) is 12.7. The standard InChI is InChI=1S/C28H24Cl4N6O4/c1-15-10-25(34-28(40)27(17(3)39)38-36-23-8-6-19(30)12-21(23)32)16(2)9-24(15)33-14-42-26(13-41-4)37-35-22-7-5-18(29)11-20(22)31/h5-14,27H,1-4H3,(H,34,40).